The lowest BCUT2D eigenvalue weighted by atomic mass is 10.2. The highest BCUT2D eigenvalue weighted by molar-refractivity contribution is 5.85. The summed E-state index contributed by atoms with van der Waals surface area (Å²) in [5.41, 5.74) is 2.39. The van der Waals surface area contributed by atoms with E-state index in [9.17, 15) is 5.11 Å². The third-order valence-electron chi connectivity index (χ3n) is 3.33. The number of aliphatic hydroxyl groups is 1. The number of aryl methyl sites for hydroxylation is 1. The smallest absolute Gasteiger partial charge is 0.119 e. The first-order chi connectivity index (χ1) is 10.8. The average molecular weight is 337 g/mol. The molecule has 1 atom stereocenters. The Labute approximate surface area is 144 Å². The Kier molecular flexibility index (Phi) is 9.14. The van der Waals surface area contributed by atoms with Crippen molar-refractivity contribution in [2.75, 3.05) is 31.6 Å². The van der Waals surface area contributed by atoms with Gasteiger partial charge in [0.15, 0.2) is 0 Å². The normalized spacial score (nSPS) is 11.4. The lowest BCUT2D eigenvalue weighted by Crippen LogP contribution is -2.34. The molecule has 3 N–H and O–H groups in total. The molecule has 0 aliphatic carbocycles. The Morgan fingerprint density at radius 1 is 1.00 bits per heavy atom. The topological polar surface area (TPSA) is 53.5 Å². The summed E-state index contributed by atoms with van der Waals surface area (Å²) in [5.74, 6) is 0.780. The van der Waals surface area contributed by atoms with E-state index in [0.717, 1.165) is 24.5 Å². The molecule has 2 aromatic carbocycles. The van der Waals surface area contributed by atoms with Crippen molar-refractivity contribution in [3.05, 3.63) is 60.2 Å². The van der Waals surface area contributed by atoms with E-state index in [-0.39, 0.29) is 12.4 Å². The van der Waals surface area contributed by atoms with Crippen LogP contribution in [0, 0.1) is 6.92 Å². The van der Waals surface area contributed by atoms with E-state index in [1.54, 1.807) is 0 Å². The molecule has 0 radical (unpaired) electrons. The highest BCUT2D eigenvalue weighted by Crippen LogP contribution is 2.12. The minimum absolute atomic E-state index is 0. The van der Waals surface area contributed by atoms with Gasteiger partial charge in [-0.25, -0.2) is 0 Å². The van der Waals surface area contributed by atoms with Gasteiger partial charge >= 0.3 is 0 Å². The fourth-order valence-electron chi connectivity index (χ4n) is 2.09. The summed E-state index contributed by atoms with van der Waals surface area (Å²) in [6.07, 6.45) is -0.515. The molecule has 0 saturated carbocycles. The van der Waals surface area contributed by atoms with Gasteiger partial charge in [0.25, 0.3) is 0 Å². The van der Waals surface area contributed by atoms with E-state index in [2.05, 4.69) is 29.7 Å². The first-order valence-corrected chi connectivity index (χ1v) is 7.62. The molecule has 126 valence electrons. The fraction of sp³-hybridized carbons (Fsp3) is 0.333. The summed E-state index contributed by atoms with van der Waals surface area (Å²) in [7, 11) is 0. The molecule has 0 spiro atoms. The second-order valence-electron chi connectivity index (χ2n) is 5.22. The van der Waals surface area contributed by atoms with Crippen LogP contribution in [-0.2, 0) is 0 Å². The molecule has 0 saturated heterocycles. The predicted molar refractivity (Wildman–Crippen MR) is 97.7 cm³/mol. The Balaban J connectivity index is 0.00000264. The van der Waals surface area contributed by atoms with E-state index in [4.69, 9.17) is 4.74 Å². The van der Waals surface area contributed by atoms with Crippen LogP contribution in [0.1, 0.15) is 5.56 Å². The molecule has 0 aliphatic heterocycles. The first kappa shape index (κ1) is 19.3. The molecule has 2 rings (SSSR count). The van der Waals surface area contributed by atoms with Gasteiger partial charge in [0.2, 0.25) is 0 Å². The molecule has 2 aromatic rings. The van der Waals surface area contributed by atoms with Gasteiger partial charge in [0.1, 0.15) is 18.5 Å². The van der Waals surface area contributed by atoms with Gasteiger partial charge in [0, 0.05) is 25.3 Å². The number of benzene rings is 2. The molecular weight excluding hydrogens is 312 g/mol. The monoisotopic (exact) mass is 336 g/mol. The number of para-hydroxylation sites is 2. The van der Waals surface area contributed by atoms with E-state index in [1.165, 1.54) is 5.56 Å². The van der Waals surface area contributed by atoms with Crippen molar-refractivity contribution in [1.29, 1.82) is 0 Å². The average Bonchev–Trinajstić information content (AvgIpc) is 2.55. The van der Waals surface area contributed by atoms with Crippen molar-refractivity contribution in [2.24, 2.45) is 0 Å². The van der Waals surface area contributed by atoms with Gasteiger partial charge in [-0.1, -0.05) is 36.4 Å². The highest BCUT2D eigenvalue weighted by Gasteiger charge is 2.04. The van der Waals surface area contributed by atoms with Crippen LogP contribution in [0.4, 0.5) is 5.69 Å². The largest absolute Gasteiger partial charge is 0.491 e. The molecule has 0 aromatic heterocycles. The van der Waals surface area contributed by atoms with Crippen LogP contribution in [-0.4, -0.2) is 37.5 Å². The number of rotatable bonds is 9. The van der Waals surface area contributed by atoms with Crippen molar-refractivity contribution >= 4 is 18.1 Å². The Bertz CT molecular complexity index is 552. The number of nitrogens with one attached hydrogen (secondary N) is 2. The zero-order valence-electron chi connectivity index (χ0n) is 13.4. The molecule has 5 heteroatoms. The Hall–Kier alpha value is -1.75. The molecule has 0 fully saturated rings. The summed E-state index contributed by atoms with van der Waals surface area (Å²) in [5, 5.41) is 16.5. The number of anilines is 1. The van der Waals surface area contributed by atoms with Crippen molar-refractivity contribution < 1.29 is 9.84 Å². The van der Waals surface area contributed by atoms with Crippen LogP contribution in [0.3, 0.4) is 0 Å². The van der Waals surface area contributed by atoms with Crippen LogP contribution in [0.15, 0.2) is 54.6 Å². The highest BCUT2D eigenvalue weighted by atomic mass is 35.5. The third-order valence-corrected chi connectivity index (χ3v) is 3.33. The number of ether oxygens (including phenoxy) is 1. The van der Waals surface area contributed by atoms with Crippen molar-refractivity contribution in [2.45, 2.75) is 13.0 Å². The molecule has 0 aliphatic rings. The lowest BCUT2D eigenvalue weighted by Gasteiger charge is -2.14. The van der Waals surface area contributed by atoms with Gasteiger partial charge in [0.05, 0.1) is 0 Å². The lowest BCUT2D eigenvalue weighted by molar-refractivity contribution is 0.107. The summed E-state index contributed by atoms with van der Waals surface area (Å²) in [6.45, 7) is 4.50. The SMILES string of the molecule is Cc1ccccc1NCCNCC(O)COc1ccccc1.Cl. The second kappa shape index (κ2) is 10.9. The van der Waals surface area contributed by atoms with Gasteiger partial charge < -0.3 is 20.5 Å². The summed E-state index contributed by atoms with van der Waals surface area (Å²) in [4.78, 5) is 0. The van der Waals surface area contributed by atoms with Crippen LogP contribution in [0.25, 0.3) is 0 Å². The van der Waals surface area contributed by atoms with Gasteiger partial charge in [-0.2, -0.15) is 0 Å². The maximum Gasteiger partial charge on any atom is 0.119 e. The first-order valence-electron chi connectivity index (χ1n) is 7.62. The fourth-order valence-corrected chi connectivity index (χ4v) is 2.09. The maximum atomic E-state index is 9.86. The molecule has 4 nitrogen and oxygen atoms in total. The van der Waals surface area contributed by atoms with E-state index in [0.29, 0.717) is 13.2 Å². The molecule has 23 heavy (non-hydrogen) atoms. The third kappa shape index (κ3) is 7.37. The Morgan fingerprint density at radius 2 is 1.70 bits per heavy atom. The number of halogens is 1. The molecule has 0 heterocycles. The van der Waals surface area contributed by atoms with Crippen LogP contribution in [0.5, 0.6) is 5.75 Å². The van der Waals surface area contributed by atoms with E-state index < -0.39 is 6.10 Å². The predicted octanol–water partition coefficient (Wildman–Crippen LogP) is 2.86. The van der Waals surface area contributed by atoms with E-state index in [1.807, 2.05) is 42.5 Å². The molecule has 1 unspecified atom stereocenters. The summed E-state index contributed by atoms with van der Waals surface area (Å²) >= 11 is 0. The summed E-state index contributed by atoms with van der Waals surface area (Å²) in [6, 6.07) is 17.7. The molecular formula is C18H25ClN2O2. The zero-order chi connectivity index (χ0) is 15.6. The van der Waals surface area contributed by atoms with Gasteiger partial charge in [-0.15, -0.1) is 12.4 Å². The quantitative estimate of drug-likeness (QED) is 0.616. The number of hydrogen-bond donors (Lipinski definition) is 3. The van der Waals surface area contributed by atoms with Gasteiger partial charge in [-0.05, 0) is 30.7 Å². The summed E-state index contributed by atoms with van der Waals surface area (Å²) < 4.78 is 5.50. The Morgan fingerprint density at radius 3 is 2.43 bits per heavy atom. The number of aliphatic hydroxyl groups excluding tert-OH is 1. The minimum atomic E-state index is -0.515. The van der Waals surface area contributed by atoms with Crippen molar-refractivity contribution in [3.8, 4) is 5.75 Å². The van der Waals surface area contributed by atoms with Crippen molar-refractivity contribution in [3.63, 3.8) is 0 Å². The van der Waals surface area contributed by atoms with Gasteiger partial charge in [-0.3, -0.25) is 0 Å². The standard InChI is InChI=1S/C18H24N2O2.ClH/c1-15-7-5-6-10-18(15)20-12-11-19-13-16(21)14-22-17-8-3-2-4-9-17;/h2-10,16,19-21H,11-14H2,1H3;1H. The van der Waals surface area contributed by atoms with Crippen molar-refractivity contribution in [1.82, 2.24) is 5.32 Å². The van der Waals surface area contributed by atoms with Crippen LogP contribution in [0.2, 0.25) is 0 Å². The molecule has 0 bridgehead atoms. The minimum Gasteiger partial charge on any atom is -0.491 e. The molecule has 0 amide bonds. The van der Waals surface area contributed by atoms with E-state index >= 15 is 0 Å². The van der Waals surface area contributed by atoms with Crippen LogP contribution < -0.4 is 15.4 Å². The number of hydrogen-bond acceptors (Lipinski definition) is 4. The second-order valence-corrected chi connectivity index (χ2v) is 5.22. The zero-order valence-corrected chi connectivity index (χ0v) is 14.2. The van der Waals surface area contributed by atoms with Crippen LogP contribution >= 0.6 is 12.4 Å². The maximum absolute atomic E-state index is 9.86.